The zero-order valence-corrected chi connectivity index (χ0v) is 10.5. The Kier molecular flexibility index (Phi) is 3.73. The average molecular weight is 223 g/mol. The molecule has 4 heteroatoms. The van der Waals surface area contributed by atoms with Crippen molar-refractivity contribution in [3.8, 4) is 0 Å². The quantitative estimate of drug-likeness (QED) is 0.851. The zero-order valence-electron chi connectivity index (χ0n) is 10.5. The highest BCUT2D eigenvalue weighted by molar-refractivity contribution is 5.15. The van der Waals surface area contributed by atoms with Crippen molar-refractivity contribution in [2.45, 2.75) is 40.7 Å². The van der Waals surface area contributed by atoms with Gasteiger partial charge in [0.05, 0.1) is 0 Å². The minimum absolute atomic E-state index is 0.280. The fourth-order valence-corrected chi connectivity index (χ4v) is 2.04. The highest BCUT2D eigenvalue weighted by Crippen LogP contribution is 2.25. The second kappa shape index (κ2) is 4.68. The van der Waals surface area contributed by atoms with Crippen LogP contribution < -0.4 is 11.3 Å². The third-order valence-corrected chi connectivity index (χ3v) is 2.39. The maximum absolute atomic E-state index is 11.0. The summed E-state index contributed by atoms with van der Waals surface area (Å²) in [5.41, 5.74) is 5.71. The first-order valence-electron chi connectivity index (χ1n) is 5.61. The standard InChI is InChI=1S/C12H21N3O/c1-9(7-12(2,3)4)8-15-6-5-10(16)14-11(15)13/h5-6,9H,7-8H2,1-4H3,(H2,13,14,16). The third kappa shape index (κ3) is 4.04. The van der Waals surface area contributed by atoms with Gasteiger partial charge in [-0.05, 0) is 17.8 Å². The normalized spacial score (nSPS) is 13.8. The summed E-state index contributed by atoms with van der Waals surface area (Å²) in [5, 5.41) is 0. The molecule has 2 N–H and O–H groups in total. The van der Waals surface area contributed by atoms with Crippen molar-refractivity contribution in [3.05, 3.63) is 22.6 Å². The summed E-state index contributed by atoms with van der Waals surface area (Å²) >= 11 is 0. The lowest BCUT2D eigenvalue weighted by Gasteiger charge is -2.24. The predicted octanol–water partition coefficient (Wildman–Crippen LogP) is 1.90. The number of nitrogens with two attached hydrogens (primary N) is 1. The number of rotatable bonds is 3. The van der Waals surface area contributed by atoms with E-state index >= 15 is 0 Å². The van der Waals surface area contributed by atoms with Crippen LogP contribution in [-0.2, 0) is 6.54 Å². The number of hydrogen-bond acceptors (Lipinski definition) is 3. The molecule has 90 valence electrons. The molecule has 1 rings (SSSR count). The van der Waals surface area contributed by atoms with Gasteiger partial charge in [-0.3, -0.25) is 4.79 Å². The first kappa shape index (κ1) is 12.7. The molecular formula is C12H21N3O. The van der Waals surface area contributed by atoms with Gasteiger partial charge < -0.3 is 10.3 Å². The molecule has 1 aromatic rings. The van der Waals surface area contributed by atoms with E-state index in [0.717, 1.165) is 13.0 Å². The van der Waals surface area contributed by atoms with Gasteiger partial charge in [0.15, 0.2) is 0 Å². The summed E-state index contributed by atoms with van der Waals surface area (Å²) < 4.78 is 1.83. The van der Waals surface area contributed by atoms with E-state index in [1.54, 1.807) is 6.20 Å². The molecule has 1 unspecified atom stereocenters. The Hall–Kier alpha value is -1.32. The molecule has 0 aliphatic rings. The zero-order chi connectivity index (χ0) is 12.3. The van der Waals surface area contributed by atoms with Crippen LogP contribution in [0.2, 0.25) is 0 Å². The van der Waals surface area contributed by atoms with Crippen molar-refractivity contribution >= 4 is 5.95 Å². The monoisotopic (exact) mass is 223 g/mol. The minimum Gasteiger partial charge on any atom is -0.369 e. The maximum Gasteiger partial charge on any atom is 0.274 e. The van der Waals surface area contributed by atoms with Crippen molar-refractivity contribution in [3.63, 3.8) is 0 Å². The predicted molar refractivity (Wildman–Crippen MR) is 66.1 cm³/mol. The Morgan fingerprint density at radius 2 is 2.12 bits per heavy atom. The van der Waals surface area contributed by atoms with E-state index in [4.69, 9.17) is 5.73 Å². The lowest BCUT2D eigenvalue weighted by atomic mass is 9.85. The Bertz CT molecular complexity index is 403. The summed E-state index contributed by atoms with van der Waals surface area (Å²) in [5.74, 6) is 0.805. The van der Waals surface area contributed by atoms with Crippen LogP contribution in [0.4, 0.5) is 5.95 Å². The SMILES string of the molecule is CC(Cn1ccc(=O)nc1N)CC(C)(C)C. The molecule has 0 saturated carbocycles. The maximum atomic E-state index is 11.0. The van der Waals surface area contributed by atoms with Crippen LogP contribution in [0.5, 0.6) is 0 Å². The number of aromatic nitrogens is 2. The largest absolute Gasteiger partial charge is 0.369 e. The summed E-state index contributed by atoms with van der Waals surface area (Å²) in [7, 11) is 0. The van der Waals surface area contributed by atoms with Gasteiger partial charge in [-0.25, -0.2) is 0 Å². The van der Waals surface area contributed by atoms with E-state index in [2.05, 4.69) is 32.7 Å². The fourth-order valence-electron chi connectivity index (χ4n) is 2.04. The van der Waals surface area contributed by atoms with Gasteiger partial charge in [-0.1, -0.05) is 27.7 Å². The summed E-state index contributed by atoms with van der Waals surface area (Å²) in [4.78, 5) is 14.7. The second-order valence-corrected chi connectivity index (χ2v) is 5.65. The Labute approximate surface area is 96.5 Å². The number of nitrogens with zero attached hydrogens (tertiary/aromatic N) is 2. The summed E-state index contributed by atoms with van der Waals surface area (Å²) in [6.45, 7) is 9.64. The molecule has 4 nitrogen and oxygen atoms in total. The molecule has 16 heavy (non-hydrogen) atoms. The van der Waals surface area contributed by atoms with Crippen molar-refractivity contribution in [1.29, 1.82) is 0 Å². The van der Waals surface area contributed by atoms with Gasteiger partial charge in [-0.2, -0.15) is 4.98 Å². The van der Waals surface area contributed by atoms with E-state index in [-0.39, 0.29) is 5.56 Å². The smallest absolute Gasteiger partial charge is 0.274 e. The van der Waals surface area contributed by atoms with E-state index in [1.165, 1.54) is 6.07 Å². The first-order valence-corrected chi connectivity index (χ1v) is 5.61. The summed E-state index contributed by atoms with van der Waals surface area (Å²) in [6, 6.07) is 1.44. The van der Waals surface area contributed by atoms with Crippen LogP contribution in [0.25, 0.3) is 0 Å². The van der Waals surface area contributed by atoms with Gasteiger partial charge in [0, 0.05) is 18.8 Å². The first-order chi connectivity index (χ1) is 7.28. The van der Waals surface area contributed by atoms with Crippen molar-refractivity contribution in [2.75, 3.05) is 5.73 Å². The molecule has 0 radical (unpaired) electrons. The van der Waals surface area contributed by atoms with Gasteiger partial charge in [0.25, 0.3) is 5.56 Å². The topological polar surface area (TPSA) is 60.9 Å². The molecule has 1 aromatic heterocycles. The molecule has 0 bridgehead atoms. The average Bonchev–Trinajstić information content (AvgIpc) is 2.06. The molecule has 0 aliphatic carbocycles. The van der Waals surface area contributed by atoms with Gasteiger partial charge in [0.1, 0.15) is 0 Å². The molecule has 0 amide bonds. The van der Waals surface area contributed by atoms with Crippen molar-refractivity contribution < 1.29 is 0 Å². The molecule has 0 saturated heterocycles. The Morgan fingerprint density at radius 3 is 2.62 bits per heavy atom. The Balaban J connectivity index is 2.70. The van der Waals surface area contributed by atoms with Gasteiger partial charge in [0.2, 0.25) is 5.95 Å². The van der Waals surface area contributed by atoms with Gasteiger partial charge in [-0.15, -0.1) is 0 Å². The van der Waals surface area contributed by atoms with E-state index in [1.807, 2.05) is 4.57 Å². The number of anilines is 1. The molecule has 0 aliphatic heterocycles. The van der Waals surface area contributed by atoms with Crippen LogP contribution in [0.15, 0.2) is 17.1 Å². The highest BCUT2D eigenvalue weighted by Gasteiger charge is 2.15. The lowest BCUT2D eigenvalue weighted by Crippen LogP contribution is -2.20. The van der Waals surface area contributed by atoms with Crippen LogP contribution in [0.3, 0.4) is 0 Å². The van der Waals surface area contributed by atoms with Crippen LogP contribution in [-0.4, -0.2) is 9.55 Å². The van der Waals surface area contributed by atoms with Crippen LogP contribution in [0.1, 0.15) is 34.1 Å². The fraction of sp³-hybridized carbons (Fsp3) is 0.667. The third-order valence-electron chi connectivity index (χ3n) is 2.39. The number of nitrogen functional groups attached to an aromatic ring is 1. The molecule has 1 atom stereocenters. The highest BCUT2D eigenvalue weighted by atomic mass is 16.1. The van der Waals surface area contributed by atoms with Gasteiger partial charge >= 0.3 is 0 Å². The molecule has 0 aromatic carbocycles. The summed E-state index contributed by atoms with van der Waals surface area (Å²) in [6.07, 6.45) is 2.82. The lowest BCUT2D eigenvalue weighted by molar-refractivity contribution is 0.286. The molecule has 0 fully saturated rings. The molecule has 1 heterocycles. The number of hydrogen-bond donors (Lipinski definition) is 1. The van der Waals surface area contributed by atoms with E-state index < -0.39 is 0 Å². The van der Waals surface area contributed by atoms with Crippen molar-refractivity contribution in [1.82, 2.24) is 9.55 Å². The van der Waals surface area contributed by atoms with E-state index in [9.17, 15) is 4.79 Å². The van der Waals surface area contributed by atoms with Crippen molar-refractivity contribution in [2.24, 2.45) is 11.3 Å². The Morgan fingerprint density at radius 1 is 1.50 bits per heavy atom. The van der Waals surface area contributed by atoms with E-state index in [0.29, 0.717) is 17.3 Å². The van der Waals surface area contributed by atoms with Crippen LogP contribution in [0, 0.1) is 11.3 Å². The molecular weight excluding hydrogens is 202 g/mol. The minimum atomic E-state index is -0.280. The second-order valence-electron chi connectivity index (χ2n) is 5.65. The molecule has 0 spiro atoms. The van der Waals surface area contributed by atoms with Crippen LogP contribution >= 0.6 is 0 Å².